The van der Waals surface area contributed by atoms with Gasteiger partial charge in [-0.05, 0) is 25.2 Å². The molecule has 88 valence electrons. The van der Waals surface area contributed by atoms with E-state index in [0.717, 1.165) is 25.0 Å². The quantitative estimate of drug-likeness (QED) is 0.848. The Morgan fingerprint density at radius 1 is 1.62 bits per heavy atom. The zero-order chi connectivity index (χ0) is 11.8. The molecule has 1 aliphatic carbocycles. The maximum absolute atomic E-state index is 11.8. The van der Waals surface area contributed by atoms with Gasteiger partial charge in [0.15, 0.2) is 5.13 Å². The van der Waals surface area contributed by atoms with E-state index in [-0.39, 0.29) is 5.91 Å². The van der Waals surface area contributed by atoms with Gasteiger partial charge < -0.3 is 11.1 Å². The molecule has 0 atom stereocenters. The minimum absolute atomic E-state index is 0.0941. The summed E-state index contributed by atoms with van der Waals surface area (Å²) in [4.78, 5) is 16.2. The van der Waals surface area contributed by atoms with Crippen LogP contribution in [0.4, 0.5) is 5.13 Å². The number of rotatable bonds is 3. The van der Waals surface area contributed by atoms with Gasteiger partial charge in [-0.3, -0.25) is 4.79 Å². The third-order valence-corrected chi connectivity index (χ3v) is 3.81. The van der Waals surface area contributed by atoms with E-state index in [4.69, 9.17) is 5.73 Å². The smallest absolute Gasteiger partial charge is 0.246 e. The van der Waals surface area contributed by atoms with E-state index in [0.29, 0.717) is 11.0 Å². The first-order valence-corrected chi connectivity index (χ1v) is 6.45. The molecular formula is C11H17N3OS. The first-order chi connectivity index (χ1) is 7.51. The van der Waals surface area contributed by atoms with Crippen LogP contribution in [0.5, 0.6) is 0 Å². The lowest BCUT2D eigenvalue weighted by Gasteiger charge is -2.35. The van der Waals surface area contributed by atoms with Gasteiger partial charge in [0.2, 0.25) is 5.91 Å². The SMILES string of the molecule is CC(C)c1csc(NC(=O)C2(N)CCC2)n1. The molecule has 0 radical (unpaired) electrons. The van der Waals surface area contributed by atoms with Gasteiger partial charge in [-0.15, -0.1) is 11.3 Å². The second-order valence-corrected chi connectivity index (χ2v) is 5.55. The van der Waals surface area contributed by atoms with Gasteiger partial charge in [0.05, 0.1) is 11.2 Å². The maximum atomic E-state index is 11.8. The van der Waals surface area contributed by atoms with Crippen LogP contribution in [0.15, 0.2) is 5.38 Å². The van der Waals surface area contributed by atoms with E-state index in [1.165, 1.54) is 11.3 Å². The highest BCUT2D eigenvalue weighted by atomic mass is 32.1. The van der Waals surface area contributed by atoms with E-state index < -0.39 is 5.54 Å². The van der Waals surface area contributed by atoms with Crippen LogP contribution in [0.2, 0.25) is 0 Å². The highest BCUT2D eigenvalue weighted by molar-refractivity contribution is 7.13. The van der Waals surface area contributed by atoms with Crippen molar-refractivity contribution in [1.29, 1.82) is 0 Å². The van der Waals surface area contributed by atoms with Crippen LogP contribution in [-0.4, -0.2) is 16.4 Å². The number of hydrogen-bond donors (Lipinski definition) is 2. The van der Waals surface area contributed by atoms with Gasteiger partial charge in [0.25, 0.3) is 0 Å². The largest absolute Gasteiger partial charge is 0.317 e. The summed E-state index contributed by atoms with van der Waals surface area (Å²) in [6.07, 6.45) is 2.60. The fourth-order valence-electron chi connectivity index (χ4n) is 1.62. The predicted octanol–water partition coefficient (Wildman–Crippen LogP) is 2.09. The Labute approximate surface area is 99.3 Å². The monoisotopic (exact) mass is 239 g/mol. The summed E-state index contributed by atoms with van der Waals surface area (Å²) in [7, 11) is 0. The second kappa shape index (κ2) is 4.14. The number of nitrogens with zero attached hydrogens (tertiary/aromatic N) is 1. The standard InChI is InChI=1S/C11H17N3OS/c1-7(2)8-6-16-10(13-8)14-9(15)11(12)4-3-5-11/h6-7H,3-5,12H2,1-2H3,(H,13,14,15). The summed E-state index contributed by atoms with van der Waals surface area (Å²) < 4.78 is 0. The Morgan fingerprint density at radius 3 is 2.75 bits per heavy atom. The van der Waals surface area contributed by atoms with Crippen LogP contribution >= 0.6 is 11.3 Å². The lowest BCUT2D eigenvalue weighted by atomic mass is 9.77. The van der Waals surface area contributed by atoms with Crippen LogP contribution in [0.25, 0.3) is 0 Å². The van der Waals surface area contributed by atoms with Gasteiger partial charge >= 0.3 is 0 Å². The van der Waals surface area contributed by atoms with E-state index in [1.807, 2.05) is 5.38 Å². The zero-order valence-corrected chi connectivity index (χ0v) is 10.4. The normalized spacial score (nSPS) is 18.2. The average molecular weight is 239 g/mol. The van der Waals surface area contributed by atoms with Crippen molar-refractivity contribution in [1.82, 2.24) is 4.98 Å². The Balaban J connectivity index is 2.00. The molecule has 1 amide bonds. The topological polar surface area (TPSA) is 68.0 Å². The molecule has 3 N–H and O–H groups in total. The van der Waals surface area contributed by atoms with Crippen LogP contribution in [0.3, 0.4) is 0 Å². The van der Waals surface area contributed by atoms with Crippen LogP contribution in [-0.2, 0) is 4.79 Å². The molecular weight excluding hydrogens is 222 g/mol. The molecule has 0 unspecified atom stereocenters. The summed E-state index contributed by atoms with van der Waals surface area (Å²) in [6.45, 7) is 4.16. The third kappa shape index (κ3) is 2.10. The highest BCUT2D eigenvalue weighted by Crippen LogP contribution is 2.31. The highest BCUT2D eigenvalue weighted by Gasteiger charge is 2.40. The predicted molar refractivity (Wildman–Crippen MR) is 65.6 cm³/mol. The average Bonchev–Trinajstić information content (AvgIpc) is 2.62. The lowest BCUT2D eigenvalue weighted by molar-refractivity contribution is -0.123. The van der Waals surface area contributed by atoms with Crippen molar-refractivity contribution in [2.75, 3.05) is 5.32 Å². The molecule has 1 aromatic heterocycles. The van der Waals surface area contributed by atoms with E-state index in [9.17, 15) is 4.79 Å². The van der Waals surface area contributed by atoms with Crippen LogP contribution in [0, 0.1) is 0 Å². The molecule has 1 fully saturated rings. The molecule has 1 heterocycles. The number of thiazole rings is 1. The fourth-order valence-corrected chi connectivity index (χ4v) is 2.48. The van der Waals surface area contributed by atoms with Gasteiger partial charge in [-0.25, -0.2) is 4.98 Å². The minimum atomic E-state index is -0.649. The van der Waals surface area contributed by atoms with Gasteiger partial charge in [-0.2, -0.15) is 0 Å². The van der Waals surface area contributed by atoms with Gasteiger partial charge in [0, 0.05) is 5.38 Å². The van der Waals surface area contributed by atoms with Crippen molar-refractivity contribution in [3.05, 3.63) is 11.1 Å². The summed E-state index contributed by atoms with van der Waals surface area (Å²) >= 11 is 1.46. The molecule has 5 heteroatoms. The zero-order valence-electron chi connectivity index (χ0n) is 9.62. The summed E-state index contributed by atoms with van der Waals surface area (Å²) in [5.41, 5.74) is 6.29. The van der Waals surface area contributed by atoms with Crippen LogP contribution < -0.4 is 11.1 Å². The van der Waals surface area contributed by atoms with Crippen LogP contribution in [0.1, 0.15) is 44.7 Å². The van der Waals surface area contributed by atoms with E-state index >= 15 is 0 Å². The van der Waals surface area contributed by atoms with E-state index in [2.05, 4.69) is 24.1 Å². The number of aromatic nitrogens is 1. The van der Waals surface area contributed by atoms with Crippen molar-refractivity contribution in [2.45, 2.75) is 44.6 Å². The van der Waals surface area contributed by atoms with E-state index in [1.54, 1.807) is 0 Å². The Hall–Kier alpha value is -0.940. The third-order valence-electron chi connectivity index (χ3n) is 3.03. The lowest BCUT2D eigenvalue weighted by Crippen LogP contribution is -2.56. The Kier molecular flexibility index (Phi) is 2.99. The molecule has 4 nitrogen and oxygen atoms in total. The minimum Gasteiger partial charge on any atom is -0.317 e. The Morgan fingerprint density at radius 2 is 2.31 bits per heavy atom. The van der Waals surface area contributed by atoms with Crippen molar-refractivity contribution in [3.63, 3.8) is 0 Å². The number of nitrogens with one attached hydrogen (secondary N) is 1. The number of nitrogens with two attached hydrogens (primary N) is 1. The van der Waals surface area contributed by atoms with Crippen molar-refractivity contribution >= 4 is 22.4 Å². The first kappa shape index (κ1) is 11.5. The molecule has 0 saturated heterocycles. The fraction of sp³-hybridized carbons (Fsp3) is 0.636. The molecule has 16 heavy (non-hydrogen) atoms. The molecule has 1 saturated carbocycles. The molecule has 0 aliphatic heterocycles. The molecule has 1 aliphatic rings. The molecule has 0 aromatic carbocycles. The summed E-state index contributed by atoms with van der Waals surface area (Å²) in [5, 5.41) is 5.44. The number of carbonyl (C=O) groups excluding carboxylic acids is 1. The van der Waals surface area contributed by atoms with Crippen molar-refractivity contribution in [3.8, 4) is 0 Å². The Bertz CT molecular complexity index is 396. The summed E-state index contributed by atoms with van der Waals surface area (Å²) in [5.74, 6) is 0.292. The number of hydrogen-bond acceptors (Lipinski definition) is 4. The first-order valence-electron chi connectivity index (χ1n) is 5.57. The molecule has 2 rings (SSSR count). The van der Waals surface area contributed by atoms with Gasteiger partial charge in [0.1, 0.15) is 0 Å². The number of anilines is 1. The number of carbonyl (C=O) groups is 1. The maximum Gasteiger partial charge on any atom is 0.246 e. The van der Waals surface area contributed by atoms with Crippen molar-refractivity contribution < 1.29 is 4.79 Å². The molecule has 1 aromatic rings. The number of amides is 1. The second-order valence-electron chi connectivity index (χ2n) is 4.70. The molecule has 0 spiro atoms. The van der Waals surface area contributed by atoms with Crippen molar-refractivity contribution in [2.24, 2.45) is 5.73 Å². The molecule has 0 bridgehead atoms. The van der Waals surface area contributed by atoms with Gasteiger partial charge in [-0.1, -0.05) is 13.8 Å². The summed E-state index contributed by atoms with van der Waals surface area (Å²) in [6, 6.07) is 0.